The molecule has 0 radical (unpaired) electrons. The van der Waals surface area contributed by atoms with Crippen LogP contribution in [0, 0.1) is 5.41 Å². The molecule has 1 heterocycles. The summed E-state index contributed by atoms with van der Waals surface area (Å²) in [4.78, 5) is 12.6. The van der Waals surface area contributed by atoms with Gasteiger partial charge in [0.05, 0.1) is 5.41 Å². The summed E-state index contributed by atoms with van der Waals surface area (Å²) in [6.45, 7) is 4.15. The maximum absolute atomic E-state index is 12.6. The van der Waals surface area contributed by atoms with Gasteiger partial charge < -0.3 is 10.6 Å². The zero-order valence-electron chi connectivity index (χ0n) is 11.5. The van der Waals surface area contributed by atoms with E-state index < -0.39 is 0 Å². The van der Waals surface area contributed by atoms with E-state index in [4.69, 9.17) is 0 Å². The number of allylic oxidation sites excluding steroid dienone is 1. The van der Waals surface area contributed by atoms with Gasteiger partial charge in [0.25, 0.3) is 0 Å². The van der Waals surface area contributed by atoms with Crippen LogP contribution in [0.3, 0.4) is 0 Å². The summed E-state index contributed by atoms with van der Waals surface area (Å²) in [6.07, 6.45) is 11.7. The third kappa shape index (κ3) is 3.14. The van der Waals surface area contributed by atoms with Crippen LogP contribution in [-0.4, -0.2) is 25.0 Å². The summed E-state index contributed by atoms with van der Waals surface area (Å²) < 4.78 is 0. The van der Waals surface area contributed by atoms with Crippen molar-refractivity contribution in [1.82, 2.24) is 10.6 Å². The predicted molar refractivity (Wildman–Crippen MR) is 74.4 cm³/mol. The molecule has 1 amide bonds. The van der Waals surface area contributed by atoms with Crippen LogP contribution in [0.4, 0.5) is 0 Å². The van der Waals surface area contributed by atoms with E-state index in [-0.39, 0.29) is 5.41 Å². The van der Waals surface area contributed by atoms with Crippen LogP contribution in [0.5, 0.6) is 0 Å². The lowest BCUT2D eigenvalue weighted by Crippen LogP contribution is -2.50. The quantitative estimate of drug-likeness (QED) is 0.752. The van der Waals surface area contributed by atoms with E-state index in [2.05, 4.69) is 29.7 Å². The lowest BCUT2D eigenvalue weighted by molar-refractivity contribution is -0.134. The van der Waals surface area contributed by atoms with Gasteiger partial charge in [0.15, 0.2) is 0 Å². The molecule has 1 atom stereocenters. The molecule has 18 heavy (non-hydrogen) atoms. The van der Waals surface area contributed by atoms with Crippen molar-refractivity contribution >= 4 is 5.91 Å². The number of carbonyl (C=O) groups excluding carboxylic acids is 1. The van der Waals surface area contributed by atoms with Gasteiger partial charge in [-0.25, -0.2) is 0 Å². The molecule has 2 aliphatic rings. The molecule has 0 saturated carbocycles. The van der Waals surface area contributed by atoms with Crippen molar-refractivity contribution < 1.29 is 4.79 Å². The Morgan fingerprint density at radius 3 is 2.78 bits per heavy atom. The maximum Gasteiger partial charge on any atom is 0.226 e. The van der Waals surface area contributed by atoms with E-state index in [0.29, 0.717) is 11.9 Å². The van der Waals surface area contributed by atoms with Gasteiger partial charge in [0.1, 0.15) is 0 Å². The van der Waals surface area contributed by atoms with Crippen LogP contribution in [0.1, 0.15) is 51.9 Å². The second-order valence-electron chi connectivity index (χ2n) is 5.74. The Kier molecular flexibility index (Phi) is 4.81. The highest BCUT2D eigenvalue weighted by Crippen LogP contribution is 2.34. The summed E-state index contributed by atoms with van der Waals surface area (Å²) in [5, 5.41) is 6.66. The maximum atomic E-state index is 12.6. The van der Waals surface area contributed by atoms with Gasteiger partial charge in [-0.05, 0) is 51.6 Å². The van der Waals surface area contributed by atoms with Crippen LogP contribution in [0.2, 0.25) is 0 Å². The monoisotopic (exact) mass is 250 g/mol. The van der Waals surface area contributed by atoms with Crippen molar-refractivity contribution in [2.24, 2.45) is 5.41 Å². The molecule has 3 nitrogen and oxygen atoms in total. The molecule has 2 N–H and O–H groups in total. The van der Waals surface area contributed by atoms with Gasteiger partial charge in [-0.15, -0.1) is 0 Å². The van der Waals surface area contributed by atoms with Gasteiger partial charge in [-0.1, -0.05) is 25.5 Å². The van der Waals surface area contributed by atoms with Gasteiger partial charge in [0, 0.05) is 6.04 Å². The molecule has 1 aliphatic carbocycles. The number of nitrogens with one attached hydrogen (secondary N) is 2. The summed E-state index contributed by atoms with van der Waals surface area (Å²) in [5.41, 5.74) is -0.0961. The van der Waals surface area contributed by atoms with Crippen LogP contribution in [0.25, 0.3) is 0 Å². The number of amides is 1. The Bertz CT molecular complexity index is 300. The topological polar surface area (TPSA) is 41.1 Å². The Labute approximate surface area is 110 Å². The predicted octanol–water partition coefficient (Wildman–Crippen LogP) is 2.38. The zero-order valence-corrected chi connectivity index (χ0v) is 11.5. The SMILES string of the molecule is CCCC1(C(=O)NC2CC=CCC2)CCNCC1. The summed E-state index contributed by atoms with van der Waals surface area (Å²) >= 11 is 0. The van der Waals surface area contributed by atoms with E-state index in [1.165, 1.54) is 0 Å². The summed E-state index contributed by atoms with van der Waals surface area (Å²) in [5.74, 6) is 0.311. The van der Waals surface area contributed by atoms with E-state index in [9.17, 15) is 4.79 Å². The molecule has 2 rings (SSSR count). The number of carbonyl (C=O) groups is 1. The third-order valence-electron chi connectivity index (χ3n) is 4.38. The van der Waals surface area contributed by atoms with Crippen LogP contribution in [-0.2, 0) is 4.79 Å². The number of rotatable bonds is 4. The molecule has 0 aromatic carbocycles. The normalized spacial score (nSPS) is 26.8. The average Bonchev–Trinajstić information content (AvgIpc) is 2.41. The first-order chi connectivity index (χ1) is 8.77. The molecule has 0 aromatic heterocycles. The van der Waals surface area contributed by atoms with E-state index >= 15 is 0 Å². The van der Waals surface area contributed by atoms with Crippen molar-refractivity contribution in [3.8, 4) is 0 Å². The number of piperidine rings is 1. The van der Waals surface area contributed by atoms with Gasteiger partial charge in [-0.2, -0.15) is 0 Å². The highest BCUT2D eigenvalue weighted by Gasteiger charge is 2.39. The molecule has 0 spiro atoms. The van der Waals surface area contributed by atoms with Crippen molar-refractivity contribution in [3.05, 3.63) is 12.2 Å². The fourth-order valence-electron chi connectivity index (χ4n) is 3.24. The molecule has 3 heteroatoms. The Morgan fingerprint density at radius 1 is 1.39 bits per heavy atom. The minimum atomic E-state index is -0.0961. The molecular weight excluding hydrogens is 224 g/mol. The smallest absolute Gasteiger partial charge is 0.226 e. The molecular formula is C15H26N2O. The fraction of sp³-hybridized carbons (Fsp3) is 0.800. The van der Waals surface area contributed by atoms with Crippen molar-refractivity contribution in [2.75, 3.05) is 13.1 Å². The fourth-order valence-corrected chi connectivity index (χ4v) is 3.24. The van der Waals surface area contributed by atoms with Crippen molar-refractivity contribution in [3.63, 3.8) is 0 Å². The van der Waals surface area contributed by atoms with E-state index in [1.54, 1.807) is 0 Å². The van der Waals surface area contributed by atoms with Crippen LogP contribution < -0.4 is 10.6 Å². The highest BCUT2D eigenvalue weighted by molar-refractivity contribution is 5.83. The highest BCUT2D eigenvalue weighted by atomic mass is 16.2. The summed E-state index contributed by atoms with van der Waals surface area (Å²) in [6, 6.07) is 0.367. The average molecular weight is 250 g/mol. The van der Waals surface area contributed by atoms with Gasteiger partial charge in [-0.3, -0.25) is 4.79 Å². The lowest BCUT2D eigenvalue weighted by Gasteiger charge is -2.37. The first-order valence-electron chi connectivity index (χ1n) is 7.43. The molecule has 102 valence electrons. The molecule has 1 aliphatic heterocycles. The minimum absolute atomic E-state index is 0.0961. The molecule has 0 aromatic rings. The third-order valence-corrected chi connectivity index (χ3v) is 4.38. The first-order valence-corrected chi connectivity index (χ1v) is 7.43. The molecule has 1 saturated heterocycles. The van der Waals surface area contributed by atoms with Crippen molar-refractivity contribution in [1.29, 1.82) is 0 Å². The number of hydrogen-bond donors (Lipinski definition) is 2. The second-order valence-corrected chi connectivity index (χ2v) is 5.74. The molecule has 0 bridgehead atoms. The first kappa shape index (κ1) is 13.6. The largest absolute Gasteiger partial charge is 0.353 e. The van der Waals surface area contributed by atoms with Crippen LogP contribution >= 0.6 is 0 Å². The molecule has 1 fully saturated rings. The second kappa shape index (κ2) is 6.37. The Hall–Kier alpha value is -0.830. The standard InChI is InChI=1S/C15H26N2O/c1-2-8-15(9-11-16-12-10-15)14(18)17-13-6-4-3-5-7-13/h3-4,13,16H,2,5-12H2,1H3,(H,17,18). The molecule has 1 unspecified atom stereocenters. The van der Waals surface area contributed by atoms with E-state index in [0.717, 1.165) is 58.0 Å². The van der Waals surface area contributed by atoms with Gasteiger partial charge in [0.2, 0.25) is 5.91 Å². The van der Waals surface area contributed by atoms with E-state index in [1.807, 2.05) is 0 Å². The Morgan fingerprint density at radius 2 is 2.17 bits per heavy atom. The van der Waals surface area contributed by atoms with Crippen LogP contribution in [0.15, 0.2) is 12.2 Å². The summed E-state index contributed by atoms with van der Waals surface area (Å²) in [7, 11) is 0. The van der Waals surface area contributed by atoms with Gasteiger partial charge >= 0.3 is 0 Å². The van der Waals surface area contributed by atoms with Crippen molar-refractivity contribution in [2.45, 2.75) is 57.9 Å². The zero-order chi connectivity index (χ0) is 12.8. The minimum Gasteiger partial charge on any atom is -0.353 e. The number of hydrogen-bond acceptors (Lipinski definition) is 2. The lowest BCUT2D eigenvalue weighted by atomic mass is 9.74. The Balaban J connectivity index is 1.96.